The van der Waals surface area contributed by atoms with Crippen LogP contribution in [0.4, 0.5) is 0 Å². The van der Waals surface area contributed by atoms with E-state index in [1.807, 2.05) is 42.6 Å². The maximum atomic E-state index is 11.3. The lowest BCUT2D eigenvalue weighted by Gasteiger charge is -2.40. The Hall–Kier alpha value is -1.91. The van der Waals surface area contributed by atoms with Gasteiger partial charge in [0, 0.05) is 16.6 Å². The molecule has 1 aliphatic carbocycles. The summed E-state index contributed by atoms with van der Waals surface area (Å²) < 4.78 is 0. The van der Waals surface area contributed by atoms with Crippen molar-refractivity contribution in [3.8, 4) is 0 Å². The summed E-state index contributed by atoms with van der Waals surface area (Å²) in [6, 6.07) is 9.64. The van der Waals surface area contributed by atoms with Crippen LogP contribution in [0.1, 0.15) is 50.0 Å². The molecule has 1 aromatic heterocycles. The Bertz CT molecular complexity index is 764. The first kappa shape index (κ1) is 17.9. The quantitative estimate of drug-likeness (QED) is 0.696. The number of thiazole rings is 1. The minimum Gasteiger partial charge on any atom is -0.508 e. The van der Waals surface area contributed by atoms with Crippen LogP contribution in [0.25, 0.3) is 5.57 Å². The first-order valence-electron chi connectivity index (χ1n) is 8.85. The maximum absolute atomic E-state index is 11.3. The molecule has 2 aromatic rings. The van der Waals surface area contributed by atoms with E-state index < -0.39 is 11.5 Å². The molecule has 0 spiro atoms. The molecule has 4 heteroatoms. The molecule has 25 heavy (non-hydrogen) atoms. The average molecular weight is 356 g/mol. The third-order valence-electron chi connectivity index (χ3n) is 5.15. The van der Waals surface area contributed by atoms with Gasteiger partial charge in [-0.1, -0.05) is 55.7 Å². The molecule has 132 valence electrons. The smallest absolute Gasteiger partial charge is 0.122 e. The van der Waals surface area contributed by atoms with Gasteiger partial charge in [-0.3, -0.25) is 4.98 Å². The van der Waals surface area contributed by atoms with Crippen LogP contribution in [0.15, 0.2) is 59.4 Å². The summed E-state index contributed by atoms with van der Waals surface area (Å²) in [5, 5.41) is 22.0. The van der Waals surface area contributed by atoms with Gasteiger partial charge in [0.2, 0.25) is 0 Å². The highest BCUT2D eigenvalue weighted by Gasteiger charge is 2.45. The van der Waals surface area contributed by atoms with Crippen LogP contribution < -0.4 is 0 Å². The van der Waals surface area contributed by atoms with Gasteiger partial charge in [0.1, 0.15) is 5.76 Å². The summed E-state index contributed by atoms with van der Waals surface area (Å²) in [5.41, 5.74) is 3.77. The number of nitrogens with zero attached hydrogens (tertiary/aromatic N) is 1. The number of hydrogen-bond acceptors (Lipinski definition) is 4. The molecule has 2 atom stereocenters. The van der Waals surface area contributed by atoms with Gasteiger partial charge in [-0.05, 0) is 31.4 Å². The van der Waals surface area contributed by atoms with Crippen molar-refractivity contribution in [1.82, 2.24) is 4.98 Å². The summed E-state index contributed by atoms with van der Waals surface area (Å²) in [5.74, 6) is 0.173. The van der Waals surface area contributed by atoms with Crippen molar-refractivity contribution < 1.29 is 10.2 Å². The van der Waals surface area contributed by atoms with Crippen LogP contribution in [0.3, 0.4) is 0 Å². The van der Waals surface area contributed by atoms with Crippen LogP contribution in [0.5, 0.6) is 0 Å². The molecule has 0 fully saturated rings. The summed E-state index contributed by atoms with van der Waals surface area (Å²) in [7, 11) is 0. The summed E-state index contributed by atoms with van der Waals surface area (Å²) >= 11 is 1.56. The molecular weight excluding hydrogens is 330 g/mol. The van der Waals surface area contributed by atoms with Crippen molar-refractivity contribution in [3.05, 3.63) is 69.9 Å². The van der Waals surface area contributed by atoms with E-state index in [-0.39, 0.29) is 5.76 Å². The molecule has 0 saturated carbocycles. The highest BCUT2D eigenvalue weighted by atomic mass is 32.1. The van der Waals surface area contributed by atoms with Gasteiger partial charge in [0.05, 0.1) is 17.0 Å². The monoisotopic (exact) mass is 355 g/mol. The average Bonchev–Trinajstić information content (AvgIpc) is 3.15. The predicted molar refractivity (Wildman–Crippen MR) is 104 cm³/mol. The molecule has 1 aromatic carbocycles. The fourth-order valence-electron chi connectivity index (χ4n) is 3.58. The van der Waals surface area contributed by atoms with Crippen LogP contribution in [0.2, 0.25) is 0 Å². The first-order chi connectivity index (χ1) is 12.1. The number of benzene rings is 1. The lowest BCUT2D eigenvalue weighted by Crippen LogP contribution is -2.41. The topological polar surface area (TPSA) is 53.4 Å². The van der Waals surface area contributed by atoms with Crippen molar-refractivity contribution >= 4 is 16.9 Å². The van der Waals surface area contributed by atoms with Crippen LogP contribution in [0, 0.1) is 0 Å². The van der Waals surface area contributed by atoms with Crippen LogP contribution >= 0.6 is 11.3 Å². The Morgan fingerprint density at radius 3 is 2.60 bits per heavy atom. The standard InChI is InChI=1S/C21H25NO2S/c1-3-4-6-11-16-12-17(23)19(15-9-7-5-8-10-15)20(24)21(16,2)18-13-22-14-25-18/h5,7-10,12-14,20,23-24H,3-4,6,11H2,1-2H3. The van der Waals surface area contributed by atoms with Crippen molar-refractivity contribution in [2.45, 2.75) is 51.0 Å². The molecule has 0 saturated heterocycles. The predicted octanol–water partition coefficient (Wildman–Crippen LogP) is 5.25. The number of allylic oxidation sites excluding steroid dienone is 1. The van der Waals surface area contributed by atoms with Gasteiger partial charge < -0.3 is 10.2 Å². The number of aliphatic hydroxyl groups is 2. The molecule has 2 unspecified atom stereocenters. The normalized spacial score (nSPS) is 23.6. The summed E-state index contributed by atoms with van der Waals surface area (Å²) in [6.07, 6.45) is 7.10. The summed E-state index contributed by atoms with van der Waals surface area (Å²) in [4.78, 5) is 5.26. The maximum Gasteiger partial charge on any atom is 0.122 e. The van der Waals surface area contributed by atoms with E-state index in [0.29, 0.717) is 5.57 Å². The zero-order valence-electron chi connectivity index (χ0n) is 14.8. The van der Waals surface area contributed by atoms with Gasteiger partial charge in [-0.2, -0.15) is 0 Å². The molecule has 0 radical (unpaired) electrons. The van der Waals surface area contributed by atoms with Crippen molar-refractivity contribution in [2.75, 3.05) is 0 Å². The van der Waals surface area contributed by atoms with Gasteiger partial charge in [0.15, 0.2) is 0 Å². The third-order valence-corrected chi connectivity index (χ3v) is 6.16. The fourth-order valence-corrected chi connectivity index (χ4v) is 4.43. The van der Waals surface area contributed by atoms with E-state index in [0.717, 1.165) is 41.7 Å². The van der Waals surface area contributed by atoms with Crippen molar-refractivity contribution in [3.63, 3.8) is 0 Å². The molecule has 0 bridgehead atoms. The minimum absolute atomic E-state index is 0.173. The number of unbranched alkanes of at least 4 members (excludes halogenated alkanes) is 2. The molecule has 1 aliphatic rings. The largest absolute Gasteiger partial charge is 0.508 e. The second-order valence-electron chi connectivity index (χ2n) is 6.76. The second-order valence-corrected chi connectivity index (χ2v) is 7.65. The second kappa shape index (κ2) is 7.54. The lowest BCUT2D eigenvalue weighted by molar-refractivity contribution is 0.155. The van der Waals surface area contributed by atoms with Gasteiger partial charge in [-0.15, -0.1) is 11.3 Å². The van der Waals surface area contributed by atoms with E-state index in [1.54, 1.807) is 16.8 Å². The lowest BCUT2D eigenvalue weighted by atomic mass is 9.67. The molecule has 0 aliphatic heterocycles. The first-order valence-corrected chi connectivity index (χ1v) is 9.73. The SMILES string of the molecule is CCCCCC1=CC(O)=C(c2ccccc2)C(O)C1(C)c1cncs1. The number of aromatic nitrogens is 1. The van der Waals surface area contributed by atoms with E-state index in [2.05, 4.69) is 18.8 Å². The molecule has 0 amide bonds. The van der Waals surface area contributed by atoms with Crippen LogP contribution in [-0.2, 0) is 5.41 Å². The van der Waals surface area contributed by atoms with E-state index >= 15 is 0 Å². The van der Waals surface area contributed by atoms with Crippen molar-refractivity contribution in [2.24, 2.45) is 0 Å². The Kier molecular flexibility index (Phi) is 5.40. The Labute approximate surface area is 153 Å². The van der Waals surface area contributed by atoms with Gasteiger partial charge in [0.25, 0.3) is 0 Å². The Morgan fingerprint density at radius 1 is 1.20 bits per heavy atom. The third kappa shape index (κ3) is 3.29. The highest BCUT2D eigenvalue weighted by Crippen LogP contribution is 2.48. The van der Waals surface area contributed by atoms with E-state index in [1.165, 1.54) is 0 Å². The number of rotatable bonds is 6. The summed E-state index contributed by atoms with van der Waals surface area (Å²) in [6.45, 7) is 4.25. The van der Waals surface area contributed by atoms with E-state index in [9.17, 15) is 10.2 Å². The van der Waals surface area contributed by atoms with E-state index in [4.69, 9.17) is 0 Å². The molecule has 2 N–H and O–H groups in total. The number of hydrogen-bond donors (Lipinski definition) is 2. The Balaban J connectivity index is 2.09. The fraction of sp³-hybridized carbons (Fsp3) is 0.381. The molecule has 3 nitrogen and oxygen atoms in total. The Morgan fingerprint density at radius 2 is 1.96 bits per heavy atom. The van der Waals surface area contributed by atoms with Gasteiger partial charge >= 0.3 is 0 Å². The molecular formula is C21H25NO2S. The van der Waals surface area contributed by atoms with Crippen LogP contribution in [-0.4, -0.2) is 21.3 Å². The minimum atomic E-state index is -0.808. The highest BCUT2D eigenvalue weighted by molar-refractivity contribution is 7.09. The zero-order valence-corrected chi connectivity index (χ0v) is 15.6. The number of aliphatic hydroxyl groups excluding tert-OH is 2. The molecule has 1 heterocycles. The van der Waals surface area contributed by atoms with Crippen molar-refractivity contribution in [1.29, 1.82) is 0 Å². The molecule has 3 rings (SSSR count). The van der Waals surface area contributed by atoms with Gasteiger partial charge in [-0.25, -0.2) is 0 Å². The zero-order chi connectivity index (χ0) is 17.9.